The van der Waals surface area contributed by atoms with E-state index in [4.69, 9.17) is 4.74 Å². The molecule has 36 heavy (non-hydrogen) atoms. The summed E-state index contributed by atoms with van der Waals surface area (Å²) >= 11 is 0. The Kier molecular flexibility index (Phi) is 7.01. The normalized spacial score (nSPS) is 17.2. The van der Waals surface area contributed by atoms with Crippen molar-refractivity contribution in [3.63, 3.8) is 0 Å². The van der Waals surface area contributed by atoms with Crippen molar-refractivity contribution in [3.8, 4) is 5.75 Å². The van der Waals surface area contributed by atoms with Crippen LogP contribution in [-0.4, -0.2) is 65.2 Å². The van der Waals surface area contributed by atoms with Crippen molar-refractivity contribution in [2.75, 3.05) is 37.3 Å². The molecule has 0 unspecified atom stereocenters. The van der Waals surface area contributed by atoms with E-state index in [0.29, 0.717) is 55.3 Å². The van der Waals surface area contributed by atoms with Gasteiger partial charge in [-0.3, -0.25) is 14.3 Å². The number of ether oxygens (including phenoxy) is 1. The quantitative estimate of drug-likeness (QED) is 0.485. The van der Waals surface area contributed by atoms with Crippen LogP contribution in [0, 0.1) is 5.92 Å². The first-order chi connectivity index (χ1) is 17.4. The van der Waals surface area contributed by atoms with Gasteiger partial charge in [-0.1, -0.05) is 13.0 Å². The number of aromatic nitrogens is 3. The molecule has 0 aliphatic carbocycles. The number of piperidine rings is 1. The monoisotopic (exact) mass is 510 g/mol. The van der Waals surface area contributed by atoms with Crippen LogP contribution in [0.1, 0.15) is 36.5 Å². The summed E-state index contributed by atoms with van der Waals surface area (Å²) in [5.74, 6) is 1.55. The van der Waals surface area contributed by atoms with Gasteiger partial charge in [0.2, 0.25) is 15.6 Å². The minimum Gasteiger partial charge on any atom is -0.491 e. The summed E-state index contributed by atoms with van der Waals surface area (Å²) < 4.78 is 34.9. The summed E-state index contributed by atoms with van der Waals surface area (Å²) in [5, 5.41) is 4.20. The van der Waals surface area contributed by atoms with E-state index < -0.39 is 15.9 Å². The summed E-state index contributed by atoms with van der Waals surface area (Å²) in [7, 11) is -3.29. The molecule has 0 saturated carbocycles. The highest BCUT2D eigenvalue weighted by molar-refractivity contribution is 7.89. The molecule has 3 aromatic rings. The van der Waals surface area contributed by atoms with Crippen molar-refractivity contribution >= 4 is 32.7 Å². The van der Waals surface area contributed by atoms with E-state index in [1.807, 2.05) is 16.7 Å². The highest BCUT2D eigenvalue weighted by Gasteiger charge is 2.26. The number of nitrogens with zero attached hydrogens (tertiary/aromatic N) is 5. The molecule has 10 nitrogen and oxygen atoms in total. The third-order valence-corrected chi connectivity index (χ3v) is 8.61. The Balaban J connectivity index is 1.36. The van der Waals surface area contributed by atoms with Crippen molar-refractivity contribution in [1.29, 1.82) is 0 Å². The van der Waals surface area contributed by atoms with Gasteiger partial charge >= 0.3 is 0 Å². The molecule has 1 aromatic carbocycles. The number of hydrogen-bond donors (Lipinski definition) is 1. The third-order valence-electron chi connectivity index (χ3n) is 6.66. The van der Waals surface area contributed by atoms with Crippen LogP contribution < -0.4 is 15.7 Å². The number of pyridine rings is 1. The minimum absolute atomic E-state index is 0.0482. The molecule has 0 bridgehead atoms. The molecule has 0 radical (unpaired) electrons. The molecule has 2 aromatic heterocycles. The SMILES string of the molecule is CC1CCN(S(=O)(=O)CCCOc2cccc3c4n(c(=NC(=O)c5cccnc5)nc23)CCN4)CC1. The molecule has 11 heteroatoms. The number of benzene rings is 1. The lowest BCUT2D eigenvalue weighted by molar-refractivity contribution is 0.0996. The summed E-state index contributed by atoms with van der Waals surface area (Å²) in [5.41, 5.74) is 1.24. The molecular weight excluding hydrogens is 480 g/mol. The molecule has 2 aliphatic rings. The van der Waals surface area contributed by atoms with Crippen molar-refractivity contribution in [1.82, 2.24) is 18.8 Å². The predicted octanol–water partition coefficient (Wildman–Crippen LogP) is 2.43. The fourth-order valence-electron chi connectivity index (χ4n) is 4.59. The molecular formula is C25H30N6O4S. The molecule has 4 heterocycles. The highest BCUT2D eigenvalue weighted by atomic mass is 32.2. The number of nitrogens with one attached hydrogen (secondary N) is 1. The van der Waals surface area contributed by atoms with Gasteiger partial charge in [0.1, 0.15) is 17.1 Å². The number of carbonyl (C=O) groups excluding carboxylic acids is 1. The molecule has 1 saturated heterocycles. The van der Waals surface area contributed by atoms with Crippen LogP contribution in [0.4, 0.5) is 5.82 Å². The van der Waals surface area contributed by atoms with E-state index in [1.54, 1.807) is 28.7 Å². The Hall–Kier alpha value is -3.31. The van der Waals surface area contributed by atoms with E-state index in [2.05, 4.69) is 27.2 Å². The zero-order valence-corrected chi connectivity index (χ0v) is 21.1. The number of amides is 1. The number of fused-ring (bicyclic) bond motifs is 3. The van der Waals surface area contributed by atoms with Crippen LogP contribution in [0.3, 0.4) is 0 Å². The number of carbonyl (C=O) groups is 1. The first-order valence-electron chi connectivity index (χ1n) is 12.3. The van der Waals surface area contributed by atoms with Gasteiger partial charge in [-0.15, -0.1) is 0 Å². The average Bonchev–Trinajstić information content (AvgIpc) is 3.38. The fourth-order valence-corrected chi connectivity index (χ4v) is 6.09. The van der Waals surface area contributed by atoms with Crippen molar-refractivity contribution in [2.24, 2.45) is 10.9 Å². The van der Waals surface area contributed by atoms with Crippen LogP contribution in [0.2, 0.25) is 0 Å². The Bertz CT molecular complexity index is 1430. The van der Waals surface area contributed by atoms with Gasteiger partial charge in [0.05, 0.1) is 17.9 Å². The third kappa shape index (κ3) is 5.12. The second-order valence-electron chi connectivity index (χ2n) is 9.25. The lowest BCUT2D eigenvalue weighted by Crippen LogP contribution is -2.39. The summed E-state index contributed by atoms with van der Waals surface area (Å²) in [4.78, 5) is 25.7. The topological polar surface area (TPSA) is 119 Å². The maximum atomic E-state index is 12.7. The van der Waals surface area contributed by atoms with E-state index in [-0.39, 0.29) is 18.0 Å². The maximum absolute atomic E-state index is 12.7. The van der Waals surface area contributed by atoms with Gasteiger partial charge in [-0.05, 0) is 49.4 Å². The molecule has 190 valence electrons. The Morgan fingerprint density at radius 2 is 2.03 bits per heavy atom. The number of para-hydroxylation sites is 1. The van der Waals surface area contributed by atoms with Gasteiger partial charge < -0.3 is 10.1 Å². The van der Waals surface area contributed by atoms with Crippen molar-refractivity contribution in [2.45, 2.75) is 32.7 Å². The molecule has 5 rings (SSSR count). The van der Waals surface area contributed by atoms with Gasteiger partial charge in [0, 0.05) is 44.0 Å². The van der Waals surface area contributed by atoms with Crippen LogP contribution in [-0.2, 0) is 16.6 Å². The Morgan fingerprint density at radius 1 is 1.19 bits per heavy atom. The Labute approximate surface area is 210 Å². The molecule has 0 atom stereocenters. The maximum Gasteiger partial charge on any atom is 0.281 e. The van der Waals surface area contributed by atoms with Gasteiger partial charge in [0.15, 0.2) is 0 Å². The molecule has 1 N–H and O–H groups in total. The van der Waals surface area contributed by atoms with E-state index >= 15 is 0 Å². The van der Waals surface area contributed by atoms with Crippen LogP contribution in [0.5, 0.6) is 5.75 Å². The minimum atomic E-state index is -3.29. The predicted molar refractivity (Wildman–Crippen MR) is 136 cm³/mol. The number of sulfonamides is 1. The molecule has 2 aliphatic heterocycles. The van der Waals surface area contributed by atoms with Crippen LogP contribution >= 0.6 is 0 Å². The average molecular weight is 511 g/mol. The summed E-state index contributed by atoms with van der Waals surface area (Å²) in [6.45, 7) is 4.92. The first-order valence-corrected chi connectivity index (χ1v) is 13.9. The molecule has 1 amide bonds. The summed E-state index contributed by atoms with van der Waals surface area (Å²) in [6.07, 6.45) is 5.26. The smallest absolute Gasteiger partial charge is 0.281 e. The standard InChI is InChI=1S/C25H30N6O4S/c1-18-8-12-30(13-9-18)36(33,34)16-4-15-35-21-7-2-6-20-22(21)28-25(31-14-11-27-23(20)31)29-24(32)19-5-3-10-26-17-19/h2-3,5-7,10,17-18,27H,4,8-9,11-16H2,1H3. The van der Waals surface area contributed by atoms with Gasteiger partial charge in [-0.25, -0.2) is 17.7 Å². The van der Waals surface area contributed by atoms with Crippen molar-refractivity contribution in [3.05, 3.63) is 53.9 Å². The van der Waals surface area contributed by atoms with E-state index in [1.165, 1.54) is 6.20 Å². The van der Waals surface area contributed by atoms with Crippen LogP contribution in [0.25, 0.3) is 10.9 Å². The fraction of sp³-hybridized carbons (Fsp3) is 0.440. The zero-order valence-electron chi connectivity index (χ0n) is 20.3. The number of hydrogen-bond acceptors (Lipinski definition) is 7. The zero-order chi connectivity index (χ0) is 25.1. The molecule has 0 spiro atoms. The van der Waals surface area contributed by atoms with Crippen molar-refractivity contribution < 1.29 is 17.9 Å². The first kappa shape index (κ1) is 24.4. The highest BCUT2D eigenvalue weighted by Crippen LogP contribution is 2.29. The van der Waals surface area contributed by atoms with Gasteiger partial charge in [-0.2, -0.15) is 4.99 Å². The number of rotatable bonds is 7. The van der Waals surface area contributed by atoms with Gasteiger partial charge in [0.25, 0.3) is 5.91 Å². The lowest BCUT2D eigenvalue weighted by atomic mass is 10.0. The van der Waals surface area contributed by atoms with E-state index in [9.17, 15) is 13.2 Å². The largest absolute Gasteiger partial charge is 0.491 e. The van der Waals surface area contributed by atoms with Crippen LogP contribution in [0.15, 0.2) is 47.7 Å². The second kappa shape index (κ2) is 10.4. The second-order valence-corrected chi connectivity index (χ2v) is 11.3. The molecule has 1 fully saturated rings. The summed E-state index contributed by atoms with van der Waals surface area (Å²) in [6, 6.07) is 8.97. The Morgan fingerprint density at radius 3 is 2.81 bits per heavy atom. The van der Waals surface area contributed by atoms with E-state index in [0.717, 1.165) is 24.0 Å². The lowest BCUT2D eigenvalue weighted by Gasteiger charge is -2.29. The number of anilines is 1.